The summed E-state index contributed by atoms with van der Waals surface area (Å²) >= 11 is 0. The van der Waals surface area contributed by atoms with Crippen LogP contribution in [-0.2, 0) is 16.8 Å². The number of nitrogens with zero attached hydrogens (tertiary/aromatic N) is 3. The van der Waals surface area contributed by atoms with E-state index < -0.39 is 0 Å². The van der Waals surface area contributed by atoms with E-state index in [-0.39, 0.29) is 11.3 Å². The summed E-state index contributed by atoms with van der Waals surface area (Å²) in [5.41, 5.74) is 3.18. The number of amides is 1. The van der Waals surface area contributed by atoms with Crippen molar-refractivity contribution in [3.8, 4) is 0 Å². The van der Waals surface area contributed by atoms with Gasteiger partial charge in [0.2, 0.25) is 5.91 Å². The third-order valence-corrected chi connectivity index (χ3v) is 4.61. The van der Waals surface area contributed by atoms with E-state index in [9.17, 15) is 4.79 Å². The molecule has 1 aromatic heterocycles. The second-order valence-electron chi connectivity index (χ2n) is 6.74. The summed E-state index contributed by atoms with van der Waals surface area (Å²) < 4.78 is 0. The van der Waals surface area contributed by atoms with Crippen LogP contribution < -0.4 is 0 Å². The van der Waals surface area contributed by atoms with Gasteiger partial charge in [0.15, 0.2) is 0 Å². The minimum absolute atomic E-state index is 0.00591. The standard InChI is InChI=1S/C19H23N3O/c1-14-11-15(2)21-17(20-14)12-22-13-19(3,10-9-18(22)23)16-7-5-4-6-8-16/h4-8,11H,9-10,12-13H2,1-3H3/t19-/m0/s1. The fraction of sp³-hybridized carbons (Fsp3) is 0.421. The molecule has 0 bridgehead atoms. The average Bonchev–Trinajstić information content (AvgIpc) is 2.51. The predicted octanol–water partition coefficient (Wildman–Crippen LogP) is 3.17. The molecule has 1 amide bonds. The number of rotatable bonds is 3. The van der Waals surface area contributed by atoms with Crippen LogP contribution in [0.5, 0.6) is 0 Å². The molecule has 23 heavy (non-hydrogen) atoms. The van der Waals surface area contributed by atoms with Gasteiger partial charge in [0.1, 0.15) is 5.82 Å². The monoisotopic (exact) mass is 309 g/mol. The van der Waals surface area contributed by atoms with Crippen LogP contribution in [0.4, 0.5) is 0 Å². The van der Waals surface area contributed by atoms with Crippen LogP contribution in [0.1, 0.15) is 42.5 Å². The Balaban J connectivity index is 1.82. The molecule has 0 radical (unpaired) electrons. The maximum atomic E-state index is 12.4. The van der Waals surface area contributed by atoms with E-state index in [1.54, 1.807) is 0 Å². The van der Waals surface area contributed by atoms with Gasteiger partial charge in [-0.3, -0.25) is 4.79 Å². The third kappa shape index (κ3) is 3.41. The first-order valence-electron chi connectivity index (χ1n) is 8.11. The maximum absolute atomic E-state index is 12.4. The van der Waals surface area contributed by atoms with Crippen molar-refractivity contribution >= 4 is 5.91 Å². The van der Waals surface area contributed by atoms with Gasteiger partial charge in [-0.05, 0) is 31.9 Å². The van der Waals surface area contributed by atoms with E-state index in [4.69, 9.17) is 0 Å². The van der Waals surface area contributed by atoms with E-state index in [2.05, 4.69) is 41.2 Å². The SMILES string of the molecule is Cc1cc(C)nc(CN2C[C@@](C)(c3ccccc3)CCC2=O)n1. The van der Waals surface area contributed by atoms with Gasteiger partial charge in [-0.25, -0.2) is 9.97 Å². The number of aryl methyl sites for hydroxylation is 2. The molecule has 0 unspecified atom stereocenters. The van der Waals surface area contributed by atoms with Crippen LogP contribution in [0.25, 0.3) is 0 Å². The molecule has 3 rings (SSSR count). The molecule has 4 nitrogen and oxygen atoms in total. The summed E-state index contributed by atoms with van der Waals surface area (Å²) in [5.74, 6) is 0.925. The quantitative estimate of drug-likeness (QED) is 0.875. The molecule has 4 heteroatoms. The summed E-state index contributed by atoms with van der Waals surface area (Å²) in [7, 11) is 0. The Labute approximate surface area is 137 Å². The van der Waals surface area contributed by atoms with Gasteiger partial charge in [0.25, 0.3) is 0 Å². The van der Waals surface area contributed by atoms with Gasteiger partial charge < -0.3 is 4.90 Å². The highest BCUT2D eigenvalue weighted by atomic mass is 16.2. The molecule has 1 aliphatic rings. The highest BCUT2D eigenvalue weighted by Gasteiger charge is 2.36. The molecule has 0 spiro atoms. The molecular formula is C19H23N3O. The first-order valence-corrected chi connectivity index (χ1v) is 8.11. The summed E-state index contributed by atoms with van der Waals surface area (Å²) in [6, 6.07) is 12.4. The molecule has 1 aromatic carbocycles. The summed E-state index contributed by atoms with van der Waals surface area (Å²) in [5, 5.41) is 0. The molecule has 0 N–H and O–H groups in total. The smallest absolute Gasteiger partial charge is 0.223 e. The lowest BCUT2D eigenvalue weighted by atomic mass is 9.75. The molecular weight excluding hydrogens is 286 g/mol. The molecule has 2 aromatic rings. The van der Waals surface area contributed by atoms with Crippen molar-refractivity contribution in [2.75, 3.05) is 6.54 Å². The summed E-state index contributed by atoms with van der Waals surface area (Å²) in [6.07, 6.45) is 1.47. The molecule has 1 saturated heterocycles. The lowest BCUT2D eigenvalue weighted by molar-refractivity contribution is -0.136. The molecule has 1 fully saturated rings. The maximum Gasteiger partial charge on any atom is 0.223 e. The van der Waals surface area contributed by atoms with Crippen LogP contribution in [0, 0.1) is 13.8 Å². The van der Waals surface area contributed by atoms with Gasteiger partial charge in [-0.2, -0.15) is 0 Å². The number of hydrogen-bond acceptors (Lipinski definition) is 3. The Kier molecular flexibility index (Phi) is 4.16. The first kappa shape index (κ1) is 15.7. The van der Waals surface area contributed by atoms with Crippen LogP contribution in [0.15, 0.2) is 36.4 Å². The van der Waals surface area contributed by atoms with Gasteiger partial charge >= 0.3 is 0 Å². The summed E-state index contributed by atoms with van der Waals surface area (Å²) in [4.78, 5) is 23.2. The van der Waals surface area contributed by atoms with E-state index in [1.807, 2.05) is 30.9 Å². The van der Waals surface area contributed by atoms with Crippen molar-refractivity contribution in [3.63, 3.8) is 0 Å². The van der Waals surface area contributed by atoms with Crippen LogP contribution in [0.2, 0.25) is 0 Å². The van der Waals surface area contributed by atoms with Crippen LogP contribution in [0.3, 0.4) is 0 Å². The largest absolute Gasteiger partial charge is 0.334 e. The first-order chi connectivity index (χ1) is 11.0. The normalized spacial score (nSPS) is 21.5. The van der Waals surface area contributed by atoms with Gasteiger partial charge in [-0.15, -0.1) is 0 Å². The van der Waals surface area contributed by atoms with Crippen molar-refractivity contribution in [1.29, 1.82) is 0 Å². The number of carbonyl (C=O) groups is 1. The van der Waals surface area contributed by atoms with Crippen molar-refractivity contribution in [2.45, 2.75) is 45.6 Å². The third-order valence-electron chi connectivity index (χ3n) is 4.61. The van der Waals surface area contributed by atoms with Crippen molar-refractivity contribution in [2.24, 2.45) is 0 Å². The molecule has 0 aliphatic carbocycles. The van der Waals surface area contributed by atoms with Gasteiger partial charge in [0, 0.05) is 29.8 Å². The van der Waals surface area contributed by atoms with E-state index in [1.165, 1.54) is 5.56 Å². The van der Waals surface area contributed by atoms with E-state index in [0.717, 1.165) is 23.6 Å². The zero-order valence-electron chi connectivity index (χ0n) is 14.0. The van der Waals surface area contributed by atoms with E-state index >= 15 is 0 Å². The Morgan fingerprint density at radius 3 is 2.43 bits per heavy atom. The molecule has 0 saturated carbocycles. The molecule has 2 heterocycles. The van der Waals surface area contributed by atoms with Crippen LogP contribution in [-0.4, -0.2) is 27.3 Å². The molecule has 120 valence electrons. The number of hydrogen-bond donors (Lipinski definition) is 0. The Morgan fingerprint density at radius 2 is 1.78 bits per heavy atom. The second-order valence-corrected chi connectivity index (χ2v) is 6.74. The number of likely N-dealkylation sites (tertiary alicyclic amines) is 1. The zero-order valence-corrected chi connectivity index (χ0v) is 14.0. The van der Waals surface area contributed by atoms with Crippen molar-refractivity contribution < 1.29 is 4.79 Å². The highest BCUT2D eigenvalue weighted by Crippen LogP contribution is 2.34. The number of aromatic nitrogens is 2. The summed E-state index contributed by atoms with van der Waals surface area (Å²) in [6.45, 7) is 7.37. The Hall–Kier alpha value is -2.23. The Bertz CT molecular complexity index is 694. The minimum atomic E-state index is -0.00591. The molecule has 1 atom stereocenters. The fourth-order valence-corrected chi connectivity index (χ4v) is 3.39. The topological polar surface area (TPSA) is 46.1 Å². The average molecular weight is 309 g/mol. The van der Waals surface area contributed by atoms with Crippen molar-refractivity contribution in [3.05, 3.63) is 59.2 Å². The van der Waals surface area contributed by atoms with E-state index in [0.29, 0.717) is 19.5 Å². The van der Waals surface area contributed by atoms with Crippen LogP contribution >= 0.6 is 0 Å². The molecule has 1 aliphatic heterocycles. The lowest BCUT2D eigenvalue weighted by Crippen LogP contribution is -2.47. The highest BCUT2D eigenvalue weighted by molar-refractivity contribution is 5.77. The lowest BCUT2D eigenvalue weighted by Gasteiger charge is -2.40. The number of benzene rings is 1. The fourth-order valence-electron chi connectivity index (χ4n) is 3.39. The predicted molar refractivity (Wildman–Crippen MR) is 90.0 cm³/mol. The van der Waals surface area contributed by atoms with Crippen molar-refractivity contribution in [1.82, 2.24) is 14.9 Å². The minimum Gasteiger partial charge on any atom is -0.334 e. The van der Waals surface area contributed by atoms with Gasteiger partial charge in [-0.1, -0.05) is 37.3 Å². The Morgan fingerprint density at radius 1 is 1.13 bits per heavy atom. The van der Waals surface area contributed by atoms with Gasteiger partial charge in [0.05, 0.1) is 6.54 Å². The number of piperidine rings is 1. The number of carbonyl (C=O) groups excluding carboxylic acids is 1. The second kappa shape index (κ2) is 6.11. The zero-order chi connectivity index (χ0) is 16.4.